The van der Waals surface area contributed by atoms with Crippen molar-refractivity contribution in [2.24, 2.45) is 0 Å². The van der Waals surface area contributed by atoms with Crippen molar-refractivity contribution in [1.82, 2.24) is 5.32 Å². The van der Waals surface area contributed by atoms with Gasteiger partial charge in [-0.15, -0.1) is 0 Å². The second-order valence-corrected chi connectivity index (χ2v) is 8.95. The number of carbonyl (C=O) groups is 1. The highest BCUT2D eigenvalue weighted by molar-refractivity contribution is 7.92. The van der Waals surface area contributed by atoms with Crippen molar-refractivity contribution in [3.05, 3.63) is 95.1 Å². The molecule has 0 aliphatic rings. The first-order valence-corrected chi connectivity index (χ1v) is 11.4. The van der Waals surface area contributed by atoms with Gasteiger partial charge in [-0.05, 0) is 67.6 Å². The summed E-state index contributed by atoms with van der Waals surface area (Å²) in [6.07, 6.45) is 1.68. The van der Waals surface area contributed by atoms with Crippen LogP contribution in [0.25, 0.3) is 0 Å². The SMILES string of the molecule is Cc1cccc(NS(=O)(=O)c2cc(C(=O)NCCCc3ccccc3)ccc2C)c1. The number of nitrogens with one attached hydrogen (secondary N) is 2. The summed E-state index contributed by atoms with van der Waals surface area (Å²) in [5.74, 6) is -0.282. The van der Waals surface area contributed by atoms with E-state index in [1.54, 1.807) is 37.3 Å². The third kappa shape index (κ3) is 5.70. The summed E-state index contributed by atoms with van der Waals surface area (Å²) in [5, 5.41) is 2.87. The van der Waals surface area contributed by atoms with Crippen LogP contribution in [0.2, 0.25) is 0 Å². The molecule has 0 heterocycles. The Labute approximate surface area is 178 Å². The van der Waals surface area contributed by atoms with Crippen molar-refractivity contribution < 1.29 is 13.2 Å². The first-order valence-electron chi connectivity index (χ1n) is 9.87. The van der Waals surface area contributed by atoms with Crippen molar-refractivity contribution in [2.45, 2.75) is 31.6 Å². The molecule has 3 aromatic rings. The molecule has 0 radical (unpaired) electrons. The Morgan fingerprint density at radius 3 is 2.40 bits per heavy atom. The third-order valence-electron chi connectivity index (χ3n) is 4.78. The molecule has 0 atom stereocenters. The minimum absolute atomic E-state index is 0.0981. The van der Waals surface area contributed by atoms with Gasteiger partial charge in [0.05, 0.1) is 4.90 Å². The van der Waals surface area contributed by atoms with Crippen LogP contribution in [-0.2, 0) is 16.4 Å². The molecule has 0 saturated carbocycles. The topological polar surface area (TPSA) is 75.3 Å². The minimum atomic E-state index is -3.81. The van der Waals surface area contributed by atoms with Crippen LogP contribution in [-0.4, -0.2) is 20.9 Å². The van der Waals surface area contributed by atoms with Crippen LogP contribution >= 0.6 is 0 Å². The molecule has 0 saturated heterocycles. The number of carbonyl (C=O) groups excluding carboxylic acids is 1. The van der Waals surface area contributed by atoms with Crippen LogP contribution in [0.4, 0.5) is 5.69 Å². The highest BCUT2D eigenvalue weighted by Crippen LogP contribution is 2.21. The lowest BCUT2D eigenvalue weighted by atomic mass is 10.1. The number of hydrogen-bond donors (Lipinski definition) is 2. The molecule has 156 valence electrons. The quantitative estimate of drug-likeness (QED) is 0.526. The van der Waals surface area contributed by atoms with Gasteiger partial charge in [0.2, 0.25) is 0 Å². The maximum Gasteiger partial charge on any atom is 0.262 e. The van der Waals surface area contributed by atoms with Gasteiger partial charge in [0, 0.05) is 17.8 Å². The second-order valence-electron chi connectivity index (χ2n) is 7.30. The molecule has 3 aromatic carbocycles. The Hall–Kier alpha value is -3.12. The molecule has 5 nitrogen and oxygen atoms in total. The fourth-order valence-corrected chi connectivity index (χ4v) is 4.51. The molecule has 0 aliphatic carbocycles. The van der Waals surface area contributed by atoms with Crippen LogP contribution in [0.1, 0.15) is 33.5 Å². The average Bonchev–Trinajstić information content (AvgIpc) is 2.71. The fourth-order valence-electron chi connectivity index (χ4n) is 3.19. The molecule has 0 aliphatic heterocycles. The summed E-state index contributed by atoms with van der Waals surface area (Å²) < 4.78 is 28.4. The number of anilines is 1. The number of rotatable bonds is 8. The Balaban J connectivity index is 1.67. The van der Waals surface area contributed by atoms with Crippen LogP contribution in [0.15, 0.2) is 77.7 Å². The smallest absolute Gasteiger partial charge is 0.262 e. The van der Waals surface area contributed by atoms with Crippen LogP contribution in [0, 0.1) is 13.8 Å². The lowest BCUT2D eigenvalue weighted by Crippen LogP contribution is -2.25. The number of sulfonamides is 1. The van der Waals surface area contributed by atoms with Gasteiger partial charge >= 0.3 is 0 Å². The van der Waals surface area contributed by atoms with E-state index >= 15 is 0 Å². The molecule has 0 unspecified atom stereocenters. The molecule has 0 aromatic heterocycles. The first-order chi connectivity index (χ1) is 14.3. The van der Waals surface area contributed by atoms with Crippen molar-refractivity contribution >= 4 is 21.6 Å². The van der Waals surface area contributed by atoms with Gasteiger partial charge in [-0.25, -0.2) is 8.42 Å². The van der Waals surface area contributed by atoms with E-state index < -0.39 is 10.0 Å². The standard InChI is InChI=1S/C24H26N2O3S/c1-18-8-6-12-22(16-18)26-30(28,29)23-17-21(14-13-19(23)2)24(27)25-15-7-11-20-9-4-3-5-10-20/h3-6,8-10,12-14,16-17,26H,7,11,15H2,1-2H3,(H,25,27). The van der Waals surface area contributed by atoms with Crippen LogP contribution < -0.4 is 10.0 Å². The summed E-state index contributed by atoms with van der Waals surface area (Å²) in [4.78, 5) is 12.6. The van der Waals surface area contributed by atoms with E-state index in [0.717, 1.165) is 18.4 Å². The predicted octanol–water partition coefficient (Wildman–Crippen LogP) is 4.47. The van der Waals surface area contributed by atoms with E-state index in [9.17, 15) is 13.2 Å². The van der Waals surface area contributed by atoms with Gasteiger partial charge in [0.25, 0.3) is 15.9 Å². The zero-order chi connectivity index (χ0) is 21.6. The van der Waals surface area contributed by atoms with Gasteiger partial charge in [-0.2, -0.15) is 0 Å². The Morgan fingerprint density at radius 2 is 1.67 bits per heavy atom. The third-order valence-corrected chi connectivity index (χ3v) is 6.30. The molecule has 6 heteroatoms. The molecular weight excluding hydrogens is 396 g/mol. The van der Waals surface area contributed by atoms with Crippen molar-refractivity contribution in [1.29, 1.82) is 0 Å². The molecule has 30 heavy (non-hydrogen) atoms. The summed E-state index contributed by atoms with van der Waals surface area (Å²) in [5.41, 5.74) is 3.57. The van der Waals surface area contributed by atoms with Crippen LogP contribution in [0.5, 0.6) is 0 Å². The monoisotopic (exact) mass is 422 g/mol. The number of hydrogen-bond acceptors (Lipinski definition) is 3. The van der Waals surface area contributed by atoms with Gasteiger partial charge < -0.3 is 5.32 Å². The Bertz CT molecular complexity index is 1130. The van der Waals surface area contributed by atoms with E-state index in [4.69, 9.17) is 0 Å². The summed E-state index contributed by atoms with van der Waals surface area (Å²) >= 11 is 0. The zero-order valence-electron chi connectivity index (χ0n) is 17.2. The lowest BCUT2D eigenvalue weighted by molar-refractivity contribution is 0.0953. The maximum atomic E-state index is 12.9. The van der Waals surface area contributed by atoms with Gasteiger partial charge in [-0.3, -0.25) is 9.52 Å². The number of benzene rings is 3. The molecule has 0 bridgehead atoms. The van der Waals surface area contributed by atoms with Gasteiger partial charge in [0.15, 0.2) is 0 Å². The lowest BCUT2D eigenvalue weighted by Gasteiger charge is -2.13. The normalized spacial score (nSPS) is 11.1. The number of aryl methyl sites for hydroxylation is 3. The largest absolute Gasteiger partial charge is 0.352 e. The Morgan fingerprint density at radius 1 is 0.900 bits per heavy atom. The molecular formula is C24H26N2O3S. The zero-order valence-corrected chi connectivity index (χ0v) is 18.0. The predicted molar refractivity (Wildman–Crippen MR) is 120 cm³/mol. The van der Waals surface area contributed by atoms with E-state index in [1.165, 1.54) is 11.6 Å². The van der Waals surface area contributed by atoms with Crippen LogP contribution in [0.3, 0.4) is 0 Å². The van der Waals surface area contributed by atoms with E-state index in [2.05, 4.69) is 22.2 Å². The van der Waals surface area contributed by atoms with Crippen molar-refractivity contribution in [2.75, 3.05) is 11.3 Å². The fraction of sp³-hybridized carbons (Fsp3) is 0.208. The van der Waals surface area contributed by atoms with Crippen molar-refractivity contribution in [3.63, 3.8) is 0 Å². The summed E-state index contributed by atoms with van der Waals surface area (Å²) in [6, 6.07) is 21.9. The molecule has 0 fully saturated rings. The summed E-state index contributed by atoms with van der Waals surface area (Å²) in [6.45, 7) is 4.13. The molecule has 1 amide bonds. The van der Waals surface area contributed by atoms with E-state index in [-0.39, 0.29) is 10.8 Å². The van der Waals surface area contributed by atoms with E-state index in [1.807, 2.05) is 31.2 Å². The van der Waals surface area contributed by atoms with Gasteiger partial charge in [-0.1, -0.05) is 48.5 Å². The summed E-state index contributed by atoms with van der Waals surface area (Å²) in [7, 11) is -3.81. The molecule has 3 rings (SSSR count). The maximum absolute atomic E-state index is 12.9. The minimum Gasteiger partial charge on any atom is -0.352 e. The second kappa shape index (κ2) is 9.59. The molecule has 0 spiro atoms. The highest BCUT2D eigenvalue weighted by Gasteiger charge is 2.19. The van der Waals surface area contributed by atoms with Crippen molar-refractivity contribution in [3.8, 4) is 0 Å². The first kappa shape index (κ1) is 21.6. The van der Waals surface area contributed by atoms with E-state index in [0.29, 0.717) is 23.4 Å². The Kier molecular flexibility index (Phi) is 6.90. The molecule has 2 N–H and O–H groups in total. The number of amides is 1. The highest BCUT2D eigenvalue weighted by atomic mass is 32.2. The average molecular weight is 423 g/mol. The van der Waals surface area contributed by atoms with Gasteiger partial charge in [0.1, 0.15) is 0 Å².